The standard InChI is InChI=1S/C13H18ClNO3/c1-2-4-12(13(16)17)15-7-8-18-11-6-3-5-10(14)9-11/h3,5-6,9,12,15H,2,4,7-8H2,1H3,(H,16,17). The van der Waals surface area contributed by atoms with Gasteiger partial charge in [-0.2, -0.15) is 0 Å². The molecule has 18 heavy (non-hydrogen) atoms. The maximum absolute atomic E-state index is 10.9. The quantitative estimate of drug-likeness (QED) is 0.714. The Kier molecular flexibility index (Phi) is 6.54. The van der Waals surface area contributed by atoms with Crippen LogP contribution >= 0.6 is 11.6 Å². The van der Waals surface area contributed by atoms with E-state index >= 15 is 0 Å². The van der Waals surface area contributed by atoms with Gasteiger partial charge in [-0.3, -0.25) is 4.79 Å². The van der Waals surface area contributed by atoms with Gasteiger partial charge in [-0.1, -0.05) is 31.0 Å². The fraction of sp³-hybridized carbons (Fsp3) is 0.462. The van der Waals surface area contributed by atoms with Gasteiger partial charge in [0.2, 0.25) is 0 Å². The van der Waals surface area contributed by atoms with E-state index in [1.165, 1.54) is 0 Å². The fourth-order valence-electron chi connectivity index (χ4n) is 1.56. The summed E-state index contributed by atoms with van der Waals surface area (Å²) in [5, 5.41) is 12.5. The van der Waals surface area contributed by atoms with Crippen molar-refractivity contribution in [3.05, 3.63) is 29.3 Å². The van der Waals surface area contributed by atoms with Gasteiger partial charge in [0.25, 0.3) is 0 Å². The zero-order valence-electron chi connectivity index (χ0n) is 10.4. The number of nitrogens with one attached hydrogen (secondary N) is 1. The summed E-state index contributed by atoms with van der Waals surface area (Å²) >= 11 is 5.82. The Labute approximate surface area is 112 Å². The van der Waals surface area contributed by atoms with Crippen LogP contribution in [-0.2, 0) is 4.79 Å². The smallest absolute Gasteiger partial charge is 0.320 e. The van der Waals surface area contributed by atoms with E-state index in [1.807, 2.05) is 19.1 Å². The molecule has 0 aliphatic rings. The second-order valence-corrected chi connectivity index (χ2v) is 4.38. The molecule has 0 saturated heterocycles. The summed E-state index contributed by atoms with van der Waals surface area (Å²) in [6.07, 6.45) is 1.45. The summed E-state index contributed by atoms with van der Waals surface area (Å²) in [6, 6.07) is 6.61. The van der Waals surface area contributed by atoms with E-state index < -0.39 is 12.0 Å². The van der Waals surface area contributed by atoms with Crippen molar-refractivity contribution in [3.8, 4) is 5.75 Å². The van der Waals surface area contributed by atoms with Gasteiger partial charge in [-0.15, -0.1) is 0 Å². The summed E-state index contributed by atoms with van der Waals surface area (Å²) in [4.78, 5) is 10.9. The maximum Gasteiger partial charge on any atom is 0.320 e. The highest BCUT2D eigenvalue weighted by molar-refractivity contribution is 6.30. The number of carboxylic acids is 1. The first-order valence-electron chi connectivity index (χ1n) is 5.98. The van der Waals surface area contributed by atoms with Crippen molar-refractivity contribution in [1.82, 2.24) is 5.32 Å². The molecule has 0 fully saturated rings. The first-order valence-corrected chi connectivity index (χ1v) is 6.36. The lowest BCUT2D eigenvalue weighted by atomic mass is 10.2. The summed E-state index contributed by atoms with van der Waals surface area (Å²) in [5.74, 6) is -0.133. The largest absolute Gasteiger partial charge is 0.492 e. The number of carbonyl (C=O) groups is 1. The van der Waals surface area contributed by atoms with Crippen LogP contribution in [0.25, 0.3) is 0 Å². The van der Waals surface area contributed by atoms with Crippen molar-refractivity contribution >= 4 is 17.6 Å². The Morgan fingerprint density at radius 3 is 2.94 bits per heavy atom. The van der Waals surface area contributed by atoms with Gasteiger partial charge in [0.05, 0.1) is 0 Å². The average Bonchev–Trinajstić information content (AvgIpc) is 2.33. The predicted molar refractivity (Wildman–Crippen MR) is 71.3 cm³/mol. The predicted octanol–water partition coefficient (Wildman–Crippen LogP) is 2.56. The van der Waals surface area contributed by atoms with Crippen LogP contribution in [0.4, 0.5) is 0 Å². The van der Waals surface area contributed by atoms with Crippen LogP contribution < -0.4 is 10.1 Å². The molecule has 0 aromatic heterocycles. The van der Waals surface area contributed by atoms with Crippen molar-refractivity contribution < 1.29 is 14.6 Å². The number of hydrogen-bond donors (Lipinski definition) is 2. The number of aliphatic carboxylic acids is 1. The molecule has 100 valence electrons. The number of rotatable bonds is 8. The number of carboxylic acid groups (broad SMARTS) is 1. The summed E-state index contributed by atoms with van der Waals surface area (Å²) in [6.45, 7) is 2.86. The molecule has 1 unspecified atom stereocenters. The van der Waals surface area contributed by atoms with E-state index in [1.54, 1.807) is 12.1 Å². The van der Waals surface area contributed by atoms with Crippen molar-refractivity contribution in [1.29, 1.82) is 0 Å². The van der Waals surface area contributed by atoms with Crippen LogP contribution in [0, 0.1) is 0 Å². The van der Waals surface area contributed by atoms with Gasteiger partial charge in [0.15, 0.2) is 0 Å². The van der Waals surface area contributed by atoms with Crippen molar-refractivity contribution in [2.45, 2.75) is 25.8 Å². The van der Waals surface area contributed by atoms with E-state index in [4.69, 9.17) is 21.4 Å². The second-order valence-electron chi connectivity index (χ2n) is 3.94. The summed E-state index contributed by atoms with van der Waals surface area (Å²) in [5.41, 5.74) is 0. The lowest BCUT2D eigenvalue weighted by Crippen LogP contribution is -2.38. The van der Waals surface area contributed by atoms with Crippen LogP contribution in [0.3, 0.4) is 0 Å². The molecule has 0 saturated carbocycles. The molecule has 0 bridgehead atoms. The minimum atomic E-state index is -0.820. The van der Waals surface area contributed by atoms with Crippen LogP contribution in [-0.4, -0.2) is 30.3 Å². The molecular formula is C13H18ClNO3. The summed E-state index contributed by atoms with van der Waals surface area (Å²) in [7, 11) is 0. The van der Waals surface area contributed by atoms with Crippen molar-refractivity contribution in [3.63, 3.8) is 0 Å². The topological polar surface area (TPSA) is 58.6 Å². The van der Waals surface area contributed by atoms with E-state index in [-0.39, 0.29) is 0 Å². The van der Waals surface area contributed by atoms with Gasteiger partial charge < -0.3 is 15.2 Å². The molecular weight excluding hydrogens is 254 g/mol. The first kappa shape index (κ1) is 14.8. The van der Waals surface area contributed by atoms with E-state index in [9.17, 15) is 4.79 Å². The molecule has 0 heterocycles. The van der Waals surface area contributed by atoms with Gasteiger partial charge in [0.1, 0.15) is 18.4 Å². The third-order valence-electron chi connectivity index (χ3n) is 2.43. The van der Waals surface area contributed by atoms with Gasteiger partial charge in [-0.25, -0.2) is 0 Å². The van der Waals surface area contributed by atoms with E-state index in [0.29, 0.717) is 30.3 Å². The van der Waals surface area contributed by atoms with Crippen LogP contribution in [0.1, 0.15) is 19.8 Å². The summed E-state index contributed by atoms with van der Waals surface area (Å²) < 4.78 is 5.46. The number of ether oxygens (including phenoxy) is 1. The maximum atomic E-state index is 10.9. The third-order valence-corrected chi connectivity index (χ3v) is 2.67. The highest BCUT2D eigenvalue weighted by Gasteiger charge is 2.14. The molecule has 5 heteroatoms. The monoisotopic (exact) mass is 271 g/mol. The SMILES string of the molecule is CCCC(NCCOc1cccc(Cl)c1)C(=O)O. The minimum Gasteiger partial charge on any atom is -0.492 e. The second kappa shape index (κ2) is 7.95. The lowest BCUT2D eigenvalue weighted by molar-refractivity contribution is -0.139. The van der Waals surface area contributed by atoms with Crippen LogP contribution in [0.15, 0.2) is 24.3 Å². The molecule has 2 N–H and O–H groups in total. The Hall–Kier alpha value is -1.26. The molecule has 0 radical (unpaired) electrons. The Morgan fingerprint density at radius 2 is 2.33 bits per heavy atom. The molecule has 0 amide bonds. The van der Waals surface area contributed by atoms with Crippen LogP contribution in [0.2, 0.25) is 5.02 Å². The number of hydrogen-bond acceptors (Lipinski definition) is 3. The normalized spacial score (nSPS) is 12.1. The first-order chi connectivity index (χ1) is 8.63. The van der Waals surface area contributed by atoms with E-state index in [0.717, 1.165) is 6.42 Å². The highest BCUT2D eigenvalue weighted by Crippen LogP contribution is 2.16. The Balaban J connectivity index is 2.27. The van der Waals surface area contributed by atoms with Gasteiger partial charge in [0, 0.05) is 11.6 Å². The van der Waals surface area contributed by atoms with Gasteiger partial charge in [-0.05, 0) is 24.6 Å². The molecule has 1 aromatic rings. The molecule has 1 rings (SSSR count). The number of halogens is 1. The average molecular weight is 272 g/mol. The van der Waals surface area contributed by atoms with Crippen molar-refractivity contribution in [2.75, 3.05) is 13.2 Å². The molecule has 4 nitrogen and oxygen atoms in total. The highest BCUT2D eigenvalue weighted by atomic mass is 35.5. The Bertz CT molecular complexity index is 384. The number of benzene rings is 1. The Morgan fingerprint density at radius 1 is 1.56 bits per heavy atom. The zero-order valence-corrected chi connectivity index (χ0v) is 11.1. The van der Waals surface area contributed by atoms with Crippen molar-refractivity contribution in [2.24, 2.45) is 0 Å². The molecule has 1 aromatic carbocycles. The molecule has 0 spiro atoms. The van der Waals surface area contributed by atoms with E-state index in [2.05, 4.69) is 5.32 Å². The van der Waals surface area contributed by atoms with Crippen LogP contribution in [0.5, 0.6) is 5.75 Å². The van der Waals surface area contributed by atoms with Gasteiger partial charge >= 0.3 is 5.97 Å². The fourth-order valence-corrected chi connectivity index (χ4v) is 1.74. The molecule has 0 aliphatic heterocycles. The minimum absolute atomic E-state index is 0.411. The lowest BCUT2D eigenvalue weighted by Gasteiger charge is -2.13. The molecule has 1 atom stereocenters. The zero-order chi connectivity index (χ0) is 13.4. The third kappa shape index (κ3) is 5.38. The molecule has 0 aliphatic carbocycles.